The largest absolute Gasteiger partial charge is 0.497 e. The summed E-state index contributed by atoms with van der Waals surface area (Å²) in [4.78, 5) is 37.5. The summed E-state index contributed by atoms with van der Waals surface area (Å²) in [5, 5.41) is 11.9. The third kappa shape index (κ3) is 6.23. The fourth-order valence-electron chi connectivity index (χ4n) is 2.68. The van der Waals surface area contributed by atoms with E-state index in [4.69, 9.17) is 14.2 Å². The van der Waals surface area contributed by atoms with Gasteiger partial charge in [-0.3, -0.25) is 9.59 Å². The second kappa shape index (κ2) is 10.7. The van der Waals surface area contributed by atoms with Gasteiger partial charge >= 0.3 is 5.97 Å². The predicted molar refractivity (Wildman–Crippen MR) is 115 cm³/mol. The number of nitrogens with zero attached hydrogens (tertiary/aromatic N) is 1. The molecule has 9 heteroatoms. The highest BCUT2D eigenvalue weighted by atomic mass is 16.5. The van der Waals surface area contributed by atoms with Crippen molar-refractivity contribution in [3.63, 3.8) is 0 Å². The molecule has 31 heavy (non-hydrogen) atoms. The molecular formula is C22H24N2O7. The number of benzene rings is 2. The van der Waals surface area contributed by atoms with Crippen molar-refractivity contribution in [2.24, 2.45) is 0 Å². The number of likely N-dealkylation sites (N-methyl/N-ethyl adjacent to an activating group) is 1. The summed E-state index contributed by atoms with van der Waals surface area (Å²) in [6.45, 7) is -0.283. The van der Waals surface area contributed by atoms with Gasteiger partial charge in [-0.2, -0.15) is 0 Å². The van der Waals surface area contributed by atoms with E-state index in [1.165, 1.54) is 44.4 Å². The number of carbonyl (C=O) groups is 3. The van der Waals surface area contributed by atoms with Crippen LogP contribution in [0.5, 0.6) is 17.2 Å². The van der Waals surface area contributed by atoms with Gasteiger partial charge in [0.15, 0.2) is 11.5 Å². The van der Waals surface area contributed by atoms with Gasteiger partial charge in [0.05, 0.1) is 39.1 Å². The van der Waals surface area contributed by atoms with Crippen molar-refractivity contribution < 1.29 is 33.7 Å². The molecule has 2 N–H and O–H groups in total. The first-order valence-electron chi connectivity index (χ1n) is 9.15. The summed E-state index contributed by atoms with van der Waals surface area (Å²) < 4.78 is 15.4. The van der Waals surface area contributed by atoms with Crippen molar-refractivity contribution in [1.29, 1.82) is 0 Å². The Hall–Kier alpha value is -4.01. The molecule has 2 amide bonds. The van der Waals surface area contributed by atoms with E-state index >= 15 is 0 Å². The van der Waals surface area contributed by atoms with Gasteiger partial charge < -0.3 is 29.5 Å². The van der Waals surface area contributed by atoms with Crippen LogP contribution in [0.3, 0.4) is 0 Å². The predicted octanol–water partition coefficient (Wildman–Crippen LogP) is 2.52. The van der Waals surface area contributed by atoms with Gasteiger partial charge in [0.2, 0.25) is 11.8 Å². The van der Waals surface area contributed by atoms with Gasteiger partial charge in [0.25, 0.3) is 0 Å². The molecule has 0 spiro atoms. The number of anilines is 1. The lowest BCUT2D eigenvalue weighted by Gasteiger charge is -2.17. The average molecular weight is 428 g/mol. The molecule has 0 heterocycles. The molecule has 9 nitrogen and oxygen atoms in total. The van der Waals surface area contributed by atoms with E-state index in [0.717, 1.165) is 5.56 Å². The Morgan fingerprint density at radius 3 is 2.32 bits per heavy atom. The molecule has 0 saturated heterocycles. The summed E-state index contributed by atoms with van der Waals surface area (Å²) in [7, 11) is 5.78. The van der Waals surface area contributed by atoms with Crippen LogP contribution >= 0.6 is 0 Å². The Bertz CT molecular complexity index is 1000. The minimum Gasteiger partial charge on any atom is -0.497 e. The lowest BCUT2D eigenvalue weighted by Crippen LogP contribution is -2.34. The zero-order valence-electron chi connectivity index (χ0n) is 17.7. The van der Waals surface area contributed by atoms with E-state index in [1.54, 1.807) is 31.4 Å². The maximum atomic E-state index is 12.4. The van der Waals surface area contributed by atoms with Crippen molar-refractivity contribution in [3.8, 4) is 17.2 Å². The maximum absolute atomic E-state index is 12.4. The molecule has 2 aromatic carbocycles. The van der Waals surface area contributed by atoms with Crippen molar-refractivity contribution in [2.45, 2.75) is 0 Å². The summed E-state index contributed by atoms with van der Waals surface area (Å²) in [5.74, 6) is -1.08. The fourth-order valence-corrected chi connectivity index (χ4v) is 2.68. The van der Waals surface area contributed by atoms with E-state index in [0.29, 0.717) is 5.75 Å². The van der Waals surface area contributed by atoms with Crippen LogP contribution in [-0.4, -0.2) is 62.7 Å². The quantitative estimate of drug-likeness (QED) is 0.590. The lowest BCUT2D eigenvalue weighted by atomic mass is 10.1. The van der Waals surface area contributed by atoms with Crippen molar-refractivity contribution in [2.75, 3.05) is 40.2 Å². The number of carboxylic acids is 1. The van der Waals surface area contributed by atoms with E-state index < -0.39 is 17.8 Å². The first-order chi connectivity index (χ1) is 14.8. The molecule has 0 fully saturated rings. The molecule has 2 aromatic rings. The Labute approximate surface area is 179 Å². The van der Waals surface area contributed by atoms with Gasteiger partial charge in [-0.1, -0.05) is 12.1 Å². The molecular weight excluding hydrogens is 404 g/mol. The van der Waals surface area contributed by atoms with Crippen LogP contribution in [0.4, 0.5) is 5.69 Å². The second-order valence-electron chi connectivity index (χ2n) is 6.41. The lowest BCUT2D eigenvalue weighted by molar-refractivity contribution is -0.129. The molecule has 0 bridgehead atoms. The Balaban J connectivity index is 2.08. The molecule has 164 valence electrons. The highest BCUT2D eigenvalue weighted by Gasteiger charge is 2.19. The molecule has 2 rings (SSSR count). The number of hydrogen-bond acceptors (Lipinski definition) is 6. The SMILES string of the molecule is COc1cccc(/C=C/C(=O)N(C)CC(=O)Nc2cc(OC)c(OC)cc2C(=O)O)c1. The van der Waals surface area contributed by atoms with Gasteiger partial charge in [-0.25, -0.2) is 4.79 Å². The van der Waals surface area contributed by atoms with Crippen molar-refractivity contribution in [1.82, 2.24) is 4.90 Å². The smallest absolute Gasteiger partial charge is 0.337 e. The van der Waals surface area contributed by atoms with Crippen molar-refractivity contribution in [3.05, 3.63) is 53.6 Å². The Kier molecular flexibility index (Phi) is 8.01. The zero-order valence-corrected chi connectivity index (χ0v) is 17.7. The third-order valence-corrected chi connectivity index (χ3v) is 4.30. The highest BCUT2D eigenvalue weighted by Crippen LogP contribution is 2.33. The maximum Gasteiger partial charge on any atom is 0.337 e. The minimum atomic E-state index is -1.25. The molecule has 0 aromatic heterocycles. The Morgan fingerprint density at radius 1 is 1.03 bits per heavy atom. The first-order valence-corrected chi connectivity index (χ1v) is 9.15. The molecule has 0 aliphatic carbocycles. The summed E-state index contributed by atoms with van der Waals surface area (Å²) in [6, 6.07) is 9.76. The van der Waals surface area contributed by atoms with Gasteiger partial charge in [0.1, 0.15) is 5.75 Å². The minimum absolute atomic E-state index is 0.0305. The second-order valence-corrected chi connectivity index (χ2v) is 6.41. The van der Waals surface area contributed by atoms with E-state index in [2.05, 4.69) is 5.32 Å². The first kappa shape index (κ1) is 23.3. The van der Waals surface area contributed by atoms with E-state index in [9.17, 15) is 19.5 Å². The monoisotopic (exact) mass is 428 g/mol. The number of rotatable bonds is 9. The normalized spacial score (nSPS) is 10.5. The van der Waals surface area contributed by atoms with Crippen LogP contribution in [0.15, 0.2) is 42.5 Å². The number of aromatic carboxylic acids is 1. The van der Waals surface area contributed by atoms with Crippen LogP contribution in [0.2, 0.25) is 0 Å². The molecule has 0 aliphatic rings. The summed E-state index contributed by atoms with van der Waals surface area (Å²) in [6.07, 6.45) is 2.94. The number of carbonyl (C=O) groups excluding carboxylic acids is 2. The Morgan fingerprint density at radius 2 is 1.71 bits per heavy atom. The van der Waals surface area contributed by atoms with Crippen molar-refractivity contribution >= 4 is 29.5 Å². The molecule has 0 unspecified atom stereocenters. The van der Waals surface area contributed by atoms with E-state index in [1.807, 2.05) is 6.07 Å². The number of hydrogen-bond donors (Lipinski definition) is 2. The van der Waals surface area contributed by atoms with E-state index in [-0.39, 0.29) is 29.3 Å². The standard InChI is InChI=1S/C22H24N2O7/c1-24(21(26)9-8-14-6-5-7-15(10-14)29-2)13-20(25)23-17-12-19(31-4)18(30-3)11-16(17)22(27)28/h5-12H,13H2,1-4H3,(H,23,25)(H,27,28)/b9-8+. The summed E-state index contributed by atoms with van der Waals surface area (Å²) >= 11 is 0. The van der Waals surface area contributed by atoms with Crippen LogP contribution in [-0.2, 0) is 9.59 Å². The number of nitrogens with one attached hydrogen (secondary N) is 1. The molecule has 0 aliphatic heterocycles. The van der Waals surface area contributed by atoms with Crippen LogP contribution < -0.4 is 19.5 Å². The third-order valence-electron chi connectivity index (χ3n) is 4.30. The molecule has 0 radical (unpaired) electrons. The van der Waals surface area contributed by atoms with Gasteiger partial charge in [-0.05, 0) is 23.8 Å². The number of carboxylic acid groups (broad SMARTS) is 1. The van der Waals surface area contributed by atoms with Gasteiger partial charge in [-0.15, -0.1) is 0 Å². The fraction of sp³-hybridized carbons (Fsp3) is 0.227. The number of amides is 2. The number of methoxy groups -OCH3 is 3. The average Bonchev–Trinajstić information content (AvgIpc) is 2.76. The summed E-state index contributed by atoms with van der Waals surface area (Å²) in [5.41, 5.74) is 0.628. The molecule has 0 saturated carbocycles. The van der Waals surface area contributed by atoms with Crippen LogP contribution in [0.25, 0.3) is 6.08 Å². The molecule has 0 atom stereocenters. The number of ether oxygens (including phenoxy) is 3. The highest BCUT2D eigenvalue weighted by molar-refractivity contribution is 6.03. The van der Waals surface area contributed by atoms with Crippen LogP contribution in [0.1, 0.15) is 15.9 Å². The van der Waals surface area contributed by atoms with Gasteiger partial charge in [0, 0.05) is 25.3 Å². The zero-order chi connectivity index (χ0) is 23.0. The van der Waals surface area contributed by atoms with Crippen LogP contribution in [0, 0.1) is 0 Å². The topological polar surface area (TPSA) is 114 Å².